The predicted molar refractivity (Wildman–Crippen MR) is 111 cm³/mol. The van der Waals surface area contributed by atoms with Crippen molar-refractivity contribution in [1.29, 1.82) is 0 Å². The Morgan fingerprint density at radius 2 is 1.84 bits per heavy atom. The summed E-state index contributed by atoms with van der Waals surface area (Å²) in [7, 11) is 1.38. The first-order valence-electron chi connectivity index (χ1n) is 8.79. The number of para-hydroxylation sites is 1. The Morgan fingerprint density at radius 3 is 2.55 bits per heavy atom. The number of phenols is 2. The van der Waals surface area contributed by atoms with E-state index in [1.807, 2.05) is 0 Å². The van der Waals surface area contributed by atoms with E-state index >= 15 is 0 Å². The number of rotatable bonds is 5. The maximum Gasteiger partial charge on any atom is 0.294 e. The van der Waals surface area contributed by atoms with Gasteiger partial charge in [0, 0.05) is 0 Å². The minimum absolute atomic E-state index is 0.0544. The molecule has 3 rings (SSSR count). The number of imide groups is 1. The summed E-state index contributed by atoms with van der Waals surface area (Å²) in [5.74, 6) is -2.39. The second kappa shape index (κ2) is 9.22. The Labute approximate surface area is 180 Å². The molecule has 1 aliphatic heterocycles. The smallest absolute Gasteiger partial charge is 0.294 e. The molecule has 0 saturated carbocycles. The van der Waals surface area contributed by atoms with Crippen LogP contribution in [0.2, 0.25) is 0 Å². The highest BCUT2D eigenvalue weighted by Gasteiger charge is 2.36. The second-order valence-electron chi connectivity index (χ2n) is 6.22. The molecule has 0 spiro atoms. The number of thioether (sulfide) groups is 1. The summed E-state index contributed by atoms with van der Waals surface area (Å²) < 4.78 is 5.01. The molecule has 0 bridgehead atoms. The number of hydrogen-bond acceptors (Lipinski definition) is 8. The van der Waals surface area contributed by atoms with Gasteiger partial charge in [-0.25, -0.2) is 0 Å². The van der Waals surface area contributed by atoms with Crippen molar-refractivity contribution in [1.82, 2.24) is 15.8 Å². The number of methoxy groups -OCH3 is 1. The number of nitrogens with one attached hydrogen (secondary N) is 2. The number of benzene rings is 2. The largest absolute Gasteiger partial charge is 0.507 e. The number of nitrogens with zero attached hydrogens (tertiary/aromatic N) is 1. The molecule has 4 amide bonds. The zero-order valence-corrected chi connectivity index (χ0v) is 16.9. The summed E-state index contributed by atoms with van der Waals surface area (Å²) in [6, 6.07) is 10.1. The van der Waals surface area contributed by atoms with E-state index in [2.05, 4.69) is 10.9 Å². The Bertz CT molecular complexity index is 1100. The van der Waals surface area contributed by atoms with E-state index in [9.17, 15) is 29.4 Å². The normalized spacial score (nSPS) is 14.6. The van der Waals surface area contributed by atoms with Crippen LogP contribution in [0.3, 0.4) is 0 Å². The molecule has 0 atom stereocenters. The van der Waals surface area contributed by atoms with Crippen LogP contribution in [0, 0.1) is 0 Å². The molecule has 11 heteroatoms. The van der Waals surface area contributed by atoms with Crippen molar-refractivity contribution < 1.29 is 34.1 Å². The predicted octanol–water partition coefficient (Wildman–Crippen LogP) is 1.60. The van der Waals surface area contributed by atoms with E-state index in [4.69, 9.17) is 4.74 Å². The maximum absolute atomic E-state index is 12.5. The van der Waals surface area contributed by atoms with Gasteiger partial charge in [-0.05, 0) is 47.7 Å². The van der Waals surface area contributed by atoms with Gasteiger partial charge in [0.25, 0.3) is 23.0 Å². The average Bonchev–Trinajstić information content (AvgIpc) is 3.01. The van der Waals surface area contributed by atoms with Crippen LogP contribution in [0.1, 0.15) is 15.9 Å². The highest BCUT2D eigenvalue weighted by atomic mass is 32.2. The van der Waals surface area contributed by atoms with Gasteiger partial charge in [0.15, 0.2) is 11.5 Å². The van der Waals surface area contributed by atoms with E-state index in [0.717, 1.165) is 4.90 Å². The van der Waals surface area contributed by atoms with Gasteiger partial charge in [-0.1, -0.05) is 18.2 Å². The average molecular weight is 443 g/mol. The topological polar surface area (TPSA) is 145 Å². The van der Waals surface area contributed by atoms with Crippen LogP contribution in [0.4, 0.5) is 4.79 Å². The van der Waals surface area contributed by atoms with Crippen LogP contribution in [0.5, 0.6) is 17.2 Å². The van der Waals surface area contributed by atoms with Crippen molar-refractivity contribution in [2.45, 2.75) is 0 Å². The van der Waals surface area contributed by atoms with Crippen LogP contribution in [0.15, 0.2) is 47.4 Å². The molecule has 2 aromatic rings. The van der Waals surface area contributed by atoms with Crippen LogP contribution in [0.25, 0.3) is 6.08 Å². The first-order chi connectivity index (χ1) is 14.8. The zero-order valence-electron chi connectivity index (χ0n) is 16.1. The number of ether oxygens (including phenoxy) is 1. The van der Waals surface area contributed by atoms with Gasteiger partial charge in [-0.15, -0.1) is 0 Å². The van der Waals surface area contributed by atoms with Gasteiger partial charge < -0.3 is 14.9 Å². The first-order valence-corrected chi connectivity index (χ1v) is 9.61. The number of carbonyl (C=O) groups excluding carboxylic acids is 4. The molecule has 1 saturated heterocycles. The Kier molecular flexibility index (Phi) is 6.46. The highest BCUT2D eigenvalue weighted by Crippen LogP contribution is 2.34. The van der Waals surface area contributed by atoms with Crippen molar-refractivity contribution in [3.8, 4) is 17.2 Å². The molecule has 2 aromatic carbocycles. The molecule has 0 aromatic heterocycles. The summed E-state index contributed by atoms with van der Waals surface area (Å²) in [5.41, 5.74) is 4.66. The summed E-state index contributed by atoms with van der Waals surface area (Å²) in [5, 5.41) is 18.6. The van der Waals surface area contributed by atoms with E-state index in [1.165, 1.54) is 55.7 Å². The molecule has 1 heterocycles. The number of phenolic OH excluding ortho intramolecular Hbond substituents is 2. The molecule has 1 fully saturated rings. The van der Waals surface area contributed by atoms with Crippen LogP contribution in [-0.2, 0) is 9.59 Å². The molecular formula is C20H17N3O7S. The Balaban J connectivity index is 1.62. The van der Waals surface area contributed by atoms with Crippen LogP contribution < -0.4 is 15.6 Å². The first kappa shape index (κ1) is 21.7. The van der Waals surface area contributed by atoms with Crippen molar-refractivity contribution in [2.75, 3.05) is 13.7 Å². The lowest BCUT2D eigenvalue weighted by molar-refractivity contribution is -0.129. The molecule has 31 heavy (non-hydrogen) atoms. The van der Waals surface area contributed by atoms with E-state index in [1.54, 1.807) is 0 Å². The number of amides is 4. The molecule has 160 valence electrons. The molecule has 10 nitrogen and oxygen atoms in total. The molecule has 0 aliphatic carbocycles. The van der Waals surface area contributed by atoms with Gasteiger partial charge in [0.1, 0.15) is 12.3 Å². The minimum Gasteiger partial charge on any atom is -0.507 e. The number of hydrogen-bond donors (Lipinski definition) is 4. The van der Waals surface area contributed by atoms with Gasteiger partial charge in [-0.2, -0.15) is 0 Å². The molecule has 4 N–H and O–H groups in total. The fourth-order valence-corrected chi connectivity index (χ4v) is 3.45. The number of carbonyl (C=O) groups is 4. The monoisotopic (exact) mass is 443 g/mol. The fourth-order valence-electron chi connectivity index (χ4n) is 2.61. The van der Waals surface area contributed by atoms with Gasteiger partial charge in [0.2, 0.25) is 0 Å². The summed E-state index contributed by atoms with van der Waals surface area (Å²) in [6.45, 7) is -0.609. The van der Waals surface area contributed by atoms with Crippen LogP contribution in [-0.4, -0.2) is 51.7 Å². The molecule has 0 radical (unpaired) electrons. The zero-order chi connectivity index (χ0) is 22.5. The third-order valence-corrected chi connectivity index (χ3v) is 5.05. The molecule has 1 aliphatic rings. The summed E-state index contributed by atoms with van der Waals surface area (Å²) in [4.78, 5) is 49.6. The number of aromatic hydroxyl groups is 2. The number of hydrazine groups is 1. The molecular weight excluding hydrogens is 426 g/mol. The lowest BCUT2D eigenvalue weighted by Crippen LogP contribution is -2.47. The van der Waals surface area contributed by atoms with Crippen molar-refractivity contribution in [3.63, 3.8) is 0 Å². The lowest BCUT2D eigenvalue weighted by atomic mass is 10.2. The Hall–Kier alpha value is -3.99. The van der Waals surface area contributed by atoms with Crippen molar-refractivity contribution >= 4 is 40.8 Å². The molecule has 0 unspecified atom stereocenters. The maximum atomic E-state index is 12.5. The lowest BCUT2D eigenvalue weighted by Gasteiger charge is -2.13. The standard InChI is InChI=1S/C20H17N3O7S/c1-30-15-8-11(6-7-14(15)25)9-16-19(28)23(20(29)31-16)10-17(26)21-22-18(27)12-4-2-3-5-13(12)24/h2-9,24-25H,10H2,1H3,(H,21,26)(H,22,27). The SMILES string of the molecule is COc1cc(C=C2SC(=O)N(CC(=O)NNC(=O)c3ccccc3O)C2=O)ccc1O. The van der Waals surface area contributed by atoms with Crippen molar-refractivity contribution in [2.24, 2.45) is 0 Å². The minimum atomic E-state index is -0.807. The fraction of sp³-hybridized carbons (Fsp3) is 0.100. The van der Waals surface area contributed by atoms with E-state index < -0.39 is 29.5 Å². The highest BCUT2D eigenvalue weighted by molar-refractivity contribution is 8.18. The second-order valence-corrected chi connectivity index (χ2v) is 7.21. The van der Waals surface area contributed by atoms with Gasteiger partial charge in [0.05, 0.1) is 17.6 Å². The van der Waals surface area contributed by atoms with Gasteiger partial charge >= 0.3 is 0 Å². The quantitative estimate of drug-likeness (QED) is 0.403. The van der Waals surface area contributed by atoms with E-state index in [-0.39, 0.29) is 27.7 Å². The van der Waals surface area contributed by atoms with Gasteiger partial charge in [-0.3, -0.25) is 34.9 Å². The summed E-state index contributed by atoms with van der Waals surface area (Å²) in [6.07, 6.45) is 1.44. The summed E-state index contributed by atoms with van der Waals surface area (Å²) >= 11 is 0.654. The Morgan fingerprint density at radius 1 is 1.10 bits per heavy atom. The third kappa shape index (κ3) is 4.95. The van der Waals surface area contributed by atoms with E-state index in [0.29, 0.717) is 17.3 Å². The third-order valence-electron chi connectivity index (χ3n) is 4.14. The van der Waals surface area contributed by atoms with Crippen LogP contribution >= 0.6 is 11.8 Å². The van der Waals surface area contributed by atoms with Crippen molar-refractivity contribution in [3.05, 3.63) is 58.5 Å².